The minimum Gasteiger partial charge on any atom is -0.508 e. The number of nitrogens with zero attached hydrogens (tertiary/aromatic N) is 1. The van der Waals surface area contributed by atoms with Crippen LogP contribution in [-0.2, 0) is 26.2 Å². The van der Waals surface area contributed by atoms with Crippen LogP contribution in [0.1, 0.15) is 43.4 Å². The van der Waals surface area contributed by atoms with Crippen molar-refractivity contribution < 1.29 is 20.4 Å². The highest BCUT2D eigenvalue weighted by Crippen LogP contribution is 2.31. The van der Waals surface area contributed by atoms with Gasteiger partial charge in [-0.1, -0.05) is 32.4 Å². The highest BCUT2D eigenvalue weighted by atomic mass is 16.3. The first kappa shape index (κ1) is 17.6. The number of phenolic OH excluding ortho intramolecular Hbond substituents is 2. The number of aliphatic hydroxyl groups excluding tert-OH is 2. The molecule has 0 saturated heterocycles. The van der Waals surface area contributed by atoms with E-state index in [-0.39, 0.29) is 13.2 Å². The monoisotopic (exact) mass is 425 g/mol. The second-order valence-electron chi connectivity index (χ2n) is 7.71. The molecule has 0 amide bonds. The summed E-state index contributed by atoms with van der Waals surface area (Å²) in [6, 6.07) is 17.5. The molecule has 0 radical (unpaired) electrons. The van der Waals surface area contributed by atoms with Gasteiger partial charge in [-0.25, -0.2) is 0 Å². The number of aromatic hydroxyl groups is 2. The first-order valence-corrected chi connectivity index (χ1v) is 10.7. The first-order chi connectivity index (χ1) is 17.1. The molecule has 0 fully saturated rings. The average Bonchev–Trinajstić information content (AvgIpc) is 3.17. The van der Waals surface area contributed by atoms with Gasteiger partial charge < -0.3 is 25.0 Å². The first-order valence-electron chi connectivity index (χ1n) is 12.3. The average molecular weight is 426 g/mol. The molecule has 0 bridgehead atoms. The van der Waals surface area contributed by atoms with Crippen LogP contribution in [0.2, 0.25) is 0 Å². The number of phenols is 2. The van der Waals surface area contributed by atoms with Gasteiger partial charge in [-0.05, 0) is 65.9 Å². The van der Waals surface area contributed by atoms with E-state index >= 15 is 0 Å². The van der Waals surface area contributed by atoms with Crippen molar-refractivity contribution in [3.05, 3.63) is 71.3 Å². The Bertz CT molecular complexity index is 1160. The zero-order valence-corrected chi connectivity index (χ0v) is 18.0. The summed E-state index contributed by atoms with van der Waals surface area (Å²) in [5.41, 5.74) is 5.37. The topological polar surface area (TPSA) is 85.9 Å². The van der Waals surface area contributed by atoms with Crippen LogP contribution in [0.4, 0.5) is 0 Å². The Labute approximate surface area is 188 Å². The third-order valence-corrected chi connectivity index (χ3v) is 5.25. The number of hydrogen-bond acceptors (Lipinski definition) is 4. The van der Waals surface area contributed by atoms with Crippen LogP contribution in [0, 0.1) is 0 Å². The van der Waals surface area contributed by atoms with Crippen LogP contribution in [-0.4, -0.2) is 30.7 Å². The molecule has 0 spiro atoms. The number of benzene rings is 3. The van der Waals surface area contributed by atoms with Crippen LogP contribution in [0.5, 0.6) is 11.5 Å². The van der Waals surface area contributed by atoms with Gasteiger partial charge in [-0.15, -0.1) is 0 Å². The number of rotatable bonds is 10. The molecular weight excluding hydrogens is 390 g/mol. The van der Waals surface area contributed by atoms with E-state index in [0.717, 1.165) is 53.3 Å². The zero-order valence-electron chi connectivity index (χ0n) is 22.0. The number of aliphatic hydroxyl groups is 2. The molecule has 5 heteroatoms. The minimum atomic E-state index is 0.284. The maximum absolute atomic E-state index is 6.93. The molecule has 0 unspecified atom stereocenters. The Balaban J connectivity index is 0.000000225. The smallest absolute Gasteiger partial charge is 0.293 e. The number of hydrogen-bond donors (Lipinski definition) is 4. The van der Waals surface area contributed by atoms with Crippen molar-refractivity contribution in [1.29, 1.82) is 5.72 Å². The standard InChI is InChI=1S/C17H19NO2.C9H12O2/c1-2-7-18-16-5-3-12(10-19)8-14(16)15-9-13(11-20)4-6-17(15)18;1-2-3-7-4-8(10)6-9(11)5-7/h3-6,8-9,19-20H,2,7,10-11H2,1H3;4-6,10-11H,2-3H2,1H3/i19D,20D;/hD2. The van der Waals surface area contributed by atoms with E-state index in [1.807, 2.05) is 12.1 Å². The molecule has 4 aromatic rings. The van der Waals surface area contributed by atoms with Gasteiger partial charge in [-0.2, -0.15) is 0 Å². The van der Waals surface area contributed by atoms with Crippen molar-refractivity contribution in [2.45, 2.75) is 52.9 Å². The van der Waals surface area contributed by atoms with Gasteiger partial charge in [0.1, 0.15) is 11.5 Å². The van der Waals surface area contributed by atoms with Gasteiger partial charge in [0.05, 0.1) is 13.2 Å². The van der Waals surface area contributed by atoms with E-state index in [1.54, 1.807) is 12.1 Å². The fourth-order valence-electron chi connectivity index (χ4n) is 3.91. The summed E-state index contributed by atoms with van der Waals surface area (Å²) in [5, 5.41) is 20.0. The van der Waals surface area contributed by atoms with Gasteiger partial charge in [0.25, 0.3) is 2.86 Å². The summed E-state index contributed by atoms with van der Waals surface area (Å²) >= 11 is 0. The SMILES string of the molecule is [2H]OCc1ccc2c(c1)c1cc(CO[2H])ccc1n2CCC.[2H]Oc1cc(CCC)cc(O[2H])c1. The molecular formula is C26H31NO4. The summed E-state index contributed by atoms with van der Waals surface area (Å²) in [6.07, 6.45) is 2.97. The molecule has 1 heterocycles. The van der Waals surface area contributed by atoms with Crippen LogP contribution in [0.25, 0.3) is 21.8 Å². The highest BCUT2D eigenvalue weighted by molar-refractivity contribution is 6.08. The fraction of sp³-hybridized carbons (Fsp3) is 0.308. The van der Waals surface area contributed by atoms with E-state index in [9.17, 15) is 0 Å². The Morgan fingerprint density at radius 1 is 0.710 bits per heavy atom. The quantitative estimate of drug-likeness (QED) is 0.280. The lowest BCUT2D eigenvalue weighted by molar-refractivity contribution is 0.281. The molecule has 0 aliphatic carbocycles. The Kier molecular flexibility index (Phi) is 5.88. The summed E-state index contributed by atoms with van der Waals surface area (Å²) in [4.78, 5) is 0. The normalized spacial score (nSPS) is 12.5. The van der Waals surface area contributed by atoms with Gasteiger partial charge >= 0.3 is 0 Å². The maximum atomic E-state index is 6.93. The van der Waals surface area contributed by atoms with Crippen molar-refractivity contribution in [3.8, 4) is 11.5 Å². The van der Waals surface area contributed by atoms with Crippen molar-refractivity contribution in [3.63, 3.8) is 0 Å². The second kappa shape index (κ2) is 10.3. The third-order valence-electron chi connectivity index (χ3n) is 5.25. The van der Waals surface area contributed by atoms with Crippen LogP contribution in [0.15, 0.2) is 54.6 Å². The lowest BCUT2D eigenvalue weighted by Crippen LogP contribution is -1.96. The van der Waals surface area contributed by atoms with Crippen LogP contribution in [0.3, 0.4) is 0 Å². The van der Waals surface area contributed by atoms with Gasteiger partial charge in [0, 0.05) is 34.4 Å². The predicted octanol–water partition coefficient (Wildman–Crippen LogP) is 5.24. The van der Waals surface area contributed by atoms with E-state index in [1.165, 1.54) is 17.1 Å². The highest BCUT2D eigenvalue weighted by Gasteiger charge is 2.11. The zero-order chi connectivity index (χ0) is 25.2. The summed E-state index contributed by atoms with van der Waals surface area (Å²) < 4.78 is 29.6. The van der Waals surface area contributed by atoms with Crippen LogP contribution < -0.4 is 0 Å². The Morgan fingerprint density at radius 3 is 1.74 bits per heavy atom. The van der Waals surface area contributed by atoms with Crippen molar-refractivity contribution in [2.75, 3.05) is 0 Å². The van der Waals surface area contributed by atoms with Gasteiger partial charge in [0.15, 0.2) is 0 Å². The number of aromatic nitrogens is 1. The van der Waals surface area contributed by atoms with E-state index in [2.05, 4.69) is 63.1 Å². The molecule has 0 aliphatic heterocycles. The second-order valence-corrected chi connectivity index (χ2v) is 7.71. The molecule has 0 aliphatic rings. The van der Waals surface area contributed by atoms with Gasteiger partial charge in [-0.3, -0.25) is 0 Å². The van der Waals surface area contributed by atoms with Crippen molar-refractivity contribution >= 4 is 21.8 Å². The maximum Gasteiger partial charge on any atom is 0.293 e. The summed E-state index contributed by atoms with van der Waals surface area (Å²) in [7, 11) is 0. The molecule has 5 nitrogen and oxygen atoms in total. The Morgan fingerprint density at radius 2 is 1.29 bits per heavy atom. The van der Waals surface area contributed by atoms with Crippen molar-refractivity contribution in [2.24, 2.45) is 0 Å². The lowest BCUT2D eigenvalue weighted by atomic mass is 10.1. The molecule has 3 aromatic carbocycles. The fourth-order valence-corrected chi connectivity index (χ4v) is 3.91. The number of aryl methyl sites for hydroxylation is 2. The third kappa shape index (κ3) is 5.19. The van der Waals surface area contributed by atoms with E-state index in [0.29, 0.717) is 11.5 Å². The largest absolute Gasteiger partial charge is 0.508 e. The molecule has 0 atom stereocenters. The van der Waals surface area contributed by atoms with Gasteiger partial charge in [0.2, 0.25) is 2.86 Å². The molecule has 31 heavy (non-hydrogen) atoms. The van der Waals surface area contributed by atoms with Crippen LogP contribution >= 0.6 is 0 Å². The Hall–Kier alpha value is -3.02. The summed E-state index contributed by atoms with van der Waals surface area (Å²) in [5.74, 6) is 0.821. The van der Waals surface area contributed by atoms with E-state index < -0.39 is 0 Å². The van der Waals surface area contributed by atoms with Crippen molar-refractivity contribution in [1.82, 2.24) is 4.57 Å². The minimum absolute atomic E-state index is 0.284. The lowest BCUT2D eigenvalue weighted by Gasteiger charge is -2.05. The molecule has 0 saturated carbocycles. The molecule has 4 N–H and O–H groups in total. The molecule has 1 aromatic heterocycles. The predicted molar refractivity (Wildman–Crippen MR) is 125 cm³/mol. The summed E-state index contributed by atoms with van der Waals surface area (Å²) in [6.45, 7) is 5.76. The van der Waals surface area contributed by atoms with E-state index in [4.69, 9.17) is 5.72 Å². The number of fused-ring (bicyclic) bond motifs is 3. The molecule has 164 valence electrons. The molecule has 4 rings (SSSR count).